The monoisotopic (exact) mass is 326 g/mol. The summed E-state index contributed by atoms with van der Waals surface area (Å²) >= 11 is 11.6. The number of benzene rings is 1. The minimum Gasteiger partial charge on any atom is -0.395 e. The van der Waals surface area contributed by atoms with Crippen LogP contribution in [0.2, 0.25) is 10.0 Å². The van der Waals surface area contributed by atoms with E-state index >= 15 is 0 Å². The molecule has 0 heterocycles. The molecule has 1 aromatic rings. The van der Waals surface area contributed by atoms with E-state index in [0.29, 0.717) is 15.7 Å². The fourth-order valence-corrected chi connectivity index (χ4v) is 1.89. The normalized spacial score (nSPS) is 11.2. The van der Waals surface area contributed by atoms with Crippen LogP contribution < -0.4 is 5.32 Å². The highest BCUT2D eigenvalue weighted by atomic mass is 35.5. The smallest absolute Gasteiger partial charge is 0.251 e. The zero-order valence-electron chi connectivity index (χ0n) is 10.5. The van der Waals surface area contributed by atoms with Gasteiger partial charge in [-0.05, 0) is 18.2 Å². The number of nitrogens with zero attached hydrogens (tertiary/aromatic N) is 1. The number of carbonyl (C=O) groups is 1. The number of rotatable bonds is 7. The lowest BCUT2D eigenvalue weighted by Gasteiger charge is -2.20. The van der Waals surface area contributed by atoms with E-state index in [0.717, 1.165) is 4.90 Å². The van der Waals surface area contributed by atoms with Crippen LogP contribution in [-0.2, 0) is 4.79 Å². The van der Waals surface area contributed by atoms with E-state index in [2.05, 4.69) is 5.32 Å². The van der Waals surface area contributed by atoms with Crippen LogP contribution in [0.3, 0.4) is 0 Å². The molecule has 0 aliphatic rings. The van der Waals surface area contributed by atoms with E-state index in [1.54, 1.807) is 6.07 Å². The standard InChI is InChI=1S/C12H14Cl2F2N2O2/c13-8-1-2-9(14)10(5-8)17-12(20)7-18(3-4-19)6-11(15)16/h1-2,5,11,19H,3-4,6-7H2,(H,17,20). The molecule has 8 heteroatoms. The third-order valence-corrected chi connectivity index (χ3v) is 2.95. The summed E-state index contributed by atoms with van der Waals surface area (Å²) in [6.07, 6.45) is -2.58. The summed E-state index contributed by atoms with van der Waals surface area (Å²) in [5, 5.41) is 12.0. The van der Waals surface area contributed by atoms with Crippen LogP contribution >= 0.6 is 23.2 Å². The van der Waals surface area contributed by atoms with Gasteiger partial charge in [0.05, 0.1) is 30.4 Å². The van der Waals surface area contributed by atoms with Crippen LogP contribution in [0.4, 0.5) is 14.5 Å². The maximum Gasteiger partial charge on any atom is 0.251 e. The number of halogens is 4. The fourth-order valence-electron chi connectivity index (χ4n) is 1.56. The molecule has 0 fully saturated rings. The van der Waals surface area contributed by atoms with Crippen molar-refractivity contribution in [2.75, 3.05) is 31.6 Å². The molecular formula is C12H14Cl2F2N2O2. The summed E-state index contributed by atoms with van der Waals surface area (Å²) in [7, 11) is 0. The predicted octanol–water partition coefficient (Wildman–Crippen LogP) is 2.49. The molecule has 0 atom stereocenters. The molecule has 0 unspecified atom stereocenters. The summed E-state index contributed by atoms with van der Waals surface area (Å²) in [4.78, 5) is 12.9. The molecule has 0 spiro atoms. The number of anilines is 1. The van der Waals surface area contributed by atoms with Gasteiger partial charge in [-0.1, -0.05) is 23.2 Å². The Morgan fingerprint density at radius 3 is 2.70 bits per heavy atom. The molecular weight excluding hydrogens is 313 g/mol. The van der Waals surface area contributed by atoms with Crippen molar-refractivity contribution in [3.8, 4) is 0 Å². The highest BCUT2D eigenvalue weighted by molar-refractivity contribution is 6.35. The Kier molecular flexibility index (Phi) is 7.15. The number of amides is 1. The topological polar surface area (TPSA) is 52.6 Å². The SMILES string of the molecule is O=C(CN(CCO)CC(F)F)Nc1cc(Cl)ccc1Cl. The van der Waals surface area contributed by atoms with Crippen molar-refractivity contribution in [1.29, 1.82) is 0 Å². The molecule has 0 saturated heterocycles. The second-order valence-corrected chi connectivity index (χ2v) is 4.87. The second kappa shape index (κ2) is 8.36. The lowest BCUT2D eigenvalue weighted by atomic mass is 10.3. The van der Waals surface area contributed by atoms with E-state index in [9.17, 15) is 13.6 Å². The largest absolute Gasteiger partial charge is 0.395 e. The number of aliphatic hydroxyl groups is 1. The Morgan fingerprint density at radius 1 is 1.40 bits per heavy atom. The molecule has 1 amide bonds. The minimum absolute atomic E-state index is 0.0129. The molecule has 0 aliphatic carbocycles. The van der Waals surface area contributed by atoms with Crippen LogP contribution in [0, 0.1) is 0 Å². The summed E-state index contributed by atoms with van der Waals surface area (Å²) < 4.78 is 24.6. The first-order valence-electron chi connectivity index (χ1n) is 5.78. The third kappa shape index (κ3) is 6.00. The molecule has 2 N–H and O–H groups in total. The van der Waals surface area contributed by atoms with Crippen molar-refractivity contribution >= 4 is 34.8 Å². The first-order chi connectivity index (χ1) is 9.42. The highest BCUT2D eigenvalue weighted by Gasteiger charge is 2.16. The van der Waals surface area contributed by atoms with Gasteiger partial charge in [0.2, 0.25) is 5.91 Å². The molecule has 1 aromatic carbocycles. The van der Waals surface area contributed by atoms with Gasteiger partial charge in [-0.15, -0.1) is 0 Å². The van der Waals surface area contributed by atoms with Gasteiger partial charge in [0.1, 0.15) is 0 Å². The molecule has 112 valence electrons. The van der Waals surface area contributed by atoms with Gasteiger partial charge in [0.25, 0.3) is 6.43 Å². The summed E-state index contributed by atoms with van der Waals surface area (Å²) in [6.45, 7) is -1.18. The molecule has 1 rings (SSSR count). The molecule has 0 aromatic heterocycles. The van der Waals surface area contributed by atoms with Crippen molar-refractivity contribution in [3.05, 3.63) is 28.2 Å². The average Bonchev–Trinajstić information content (AvgIpc) is 2.33. The maximum absolute atomic E-state index is 12.3. The van der Waals surface area contributed by atoms with Crippen LogP contribution in [0.1, 0.15) is 0 Å². The van der Waals surface area contributed by atoms with Gasteiger partial charge in [-0.25, -0.2) is 8.78 Å². The van der Waals surface area contributed by atoms with E-state index in [1.165, 1.54) is 12.1 Å². The molecule has 0 saturated carbocycles. The quantitative estimate of drug-likeness (QED) is 0.809. The van der Waals surface area contributed by atoms with E-state index in [-0.39, 0.29) is 19.7 Å². The number of nitrogens with one attached hydrogen (secondary N) is 1. The van der Waals surface area contributed by atoms with Gasteiger partial charge >= 0.3 is 0 Å². The van der Waals surface area contributed by atoms with Crippen molar-refractivity contribution in [3.63, 3.8) is 0 Å². The average molecular weight is 327 g/mol. The number of aliphatic hydroxyl groups excluding tert-OH is 1. The first kappa shape index (κ1) is 17.1. The first-order valence-corrected chi connectivity index (χ1v) is 6.54. The van der Waals surface area contributed by atoms with Gasteiger partial charge < -0.3 is 10.4 Å². The Hall–Kier alpha value is -0.950. The molecule has 0 aliphatic heterocycles. The van der Waals surface area contributed by atoms with Gasteiger partial charge in [-0.3, -0.25) is 9.69 Å². The third-order valence-electron chi connectivity index (χ3n) is 2.38. The Bertz CT molecular complexity index is 461. The Morgan fingerprint density at radius 2 is 2.10 bits per heavy atom. The van der Waals surface area contributed by atoms with Gasteiger partial charge in [0, 0.05) is 11.6 Å². The van der Waals surface area contributed by atoms with Crippen LogP contribution in [0.15, 0.2) is 18.2 Å². The van der Waals surface area contributed by atoms with Crippen molar-refractivity contribution < 1.29 is 18.7 Å². The molecule has 20 heavy (non-hydrogen) atoms. The predicted molar refractivity (Wildman–Crippen MR) is 74.6 cm³/mol. The van der Waals surface area contributed by atoms with E-state index in [1.807, 2.05) is 0 Å². The van der Waals surface area contributed by atoms with Crippen LogP contribution in [0.25, 0.3) is 0 Å². The highest BCUT2D eigenvalue weighted by Crippen LogP contribution is 2.25. The zero-order chi connectivity index (χ0) is 15.1. The number of hydrogen-bond acceptors (Lipinski definition) is 3. The van der Waals surface area contributed by atoms with Crippen molar-refractivity contribution in [2.45, 2.75) is 6.43 Å². The summed E-state index contributed by atoms with van der Waals surface area (Å²) in [5.41, 5.74) is 0.310. The van der Waals surface area contributed by atoms with Crippen molar-refractivity contribution in [2.24, 2.45) is 0 Å². The summed E-state index contributed by atoms with van der Waals surface area (Å²) in [5.74, 6) is -0.511. The second-order valence-electron chi connectivity index (χ2n) is 4.02. The number of alkyl halides is 2. The zero-order valence-corrected chi connectivity index (χ0v) is 12.0. The lowest BCUT2D eigenvalue weighted by molar-refractivity contribution is -0.117. The van der Waals surface area contributed by atoms with Crippen molar-refractivity contribution in [1.82, 2.24) is 4.90 Å². The van der Waals surface area contributed by atoms with E-state index < -0.39 is 18.9 Å². The Balaban J connectivity index is 2.62. The Labute approximate surface area is 125 Å². The van der Waals surface area contributed by atoms with Gasteiger partial charge in [-0.2, -0.15) is 0 Å². The number of hydrogen-bond donors (Lipinski definition) is 2. The van der Waals surface area contributed by atoms with Crippen LogP contribution in [-0.4, -0.2) is 48.6 Å². The lowest BCUT2D eigenvalue weighted by Crippen LogP contribution is -2.38. The van der Waals surface area contributed by atoms with E-state index in [4.69, 9.17) is 28.3 Å². The van der Waals surface area contributed by atoms with Crippen LogP contribution in [0.5, 0.6) is 0 Å². The summed E-state index contributed by atoms with van der Waals surface area (Å²) in [6, 6.07) is 4.55. The fraction of sp³-hybridized carbons (Fsp3) is 0.417. The molecule has 4 nitrogen and oxygen atoms in total. The number of carbonyl (C=O) groups excluding carboxylic acids is 1. The molecule has 0 bridgehead atoms. The maximum atomic E-state index is 12.3. The minimum atomic E-state index is -2.58. The van der Waals surface area contributed by atoms with Gasteiger partial charge in [0.15, 0.2) is 0 Å². The molecule has 0 radical (unpaired) electrons.